The van der Waals surface area contributed by atoms with Gasteiger partial charge in [-0.2, -0.15) is 0 Å². The van der Waals surface area contributed by atoms with Gasteiger partial charge in [0.25, 0.3) is 0 Å². The van der Waals surface area contributed by atoms with Gasteiger partial charge in [0.1, 0.15) is 5.75 Å². The minimum absolute atomic E-state index is 0.775. The third-order valence-corrected chi connectivity index (χ3v) is 2.02. The van der Waals surface area contributed by atoms with Crippen LogP contribution in [0.25, 0.3) is 0 Å². The number of rotatable bonds is 2. The van der Waals surface area contributed by atoms with Crippen LogP contribution < -0.4 is 4.52 Å². The molecule has 0 bridgehead atoms. The Morgan fingerprint density at radius 2 is 2.00 bits per heavy atom. The van der Waals surface area contributed by atoms with Crippen molar-refractivity contribution in [2.75, 3.05) is 6.66 Å². The van der Waals surface area contributed by atoms with Crippen molar-refractivity contribution in [2.45, 2.75) is 13.8 Å². The molecule has 3 heteroatoms. The lowest BCUT2D eigenvalue weighted by Gasteiger charge is -2.10. The van der Waals surface area contributed by atoms with Crippen molar-refractivity contribution < 1.29 is 9.42 Å². The molecule has 0 aliphatic carbocycles. The van der Waals surface area contributed by atoms with Crippen LogP contribution in [0.5, 0.6) is 5.75 Å². The predicted octanol–water partition coefficient (Wildman–Crippen LogP) is 2.62. The SMILES string of the molecule is Cc1ccc(OP(C)O)c(C)c1. The van der Waals surface area contributed by atoms with Crippen molar-refractivity contribution in [3.63, 3.8) is 0 Å². The van der Waals surface area contributed by atoms with Crippen LogP contribution in [0.1, 0.15) is 11.1 Å². The van der Waals surface area contributed by atoms with Gasteiger partial charge in [-0.15, -0.1) is 0 Å². The summed E-state index contributed by atoms with van der Waals surface area (Å²) in [6, 6.07) is 5.90. The average molecular weight is 184 g/mol. The van der Waals surface area contributed by atoms with Gasteiger partial charge in [0.05, 0.1) is 0 Å². The van der Waals surface area contributed by atoms with Crippen LogP contribution in [0, 0.1) is 13.8 Å². The van der Waals surface area contributed by atoms with E-state index in [4.69, 9.17) is 9.42 Å². The van der Waals surface area contributed by atoms with E-state index in [2.05, 4.69) is 0 Å². The van der Waals surface area contributed by atoms with E-state index >= 15 is 0 Å². The molecule has 0 spiro atoms. The number of hydrogen-bond donors (Lipinski definition) is 1. The van der Waals surface area contributed by atoms with Gasteiger partial charge >= 0.3 is 0 Å². The van der Waals surface area contributed by atoms with Crippen LogP contribution in [-0.2, 0) is 0 Å². The first-order valence-corrected chi connectivity index (χ1v) is 5.43. The van der Waals surface area contributed by atoms with Crippen molar-refractivity contribution >= 4 is 8.38 Å². The minimum Gasteiger partial charge on any atom is -0.447 e. The van der Waals surface area contributed by atoms with E-state index in [1.165, 1.54) is 5.56 Å². The standard InChI is InChI=1S/C9H13O2P/c1-7-4-5-9(8(2)6-7)11-12(3)10/h4-6,10H,1-3H3. The van der Waals surface area contributed by atoms with E-state index in [0.29, 0.717) is 0 Å². The van der Waals surface area contributed by atoms with Crippen LogP contribution in [-0.4, -0.2) is 11.6 Å². The molecule has 0 aromatic heterocycles. The van der Waals surface area contributed by atoms with E-state index < -0.39 is 8.38 Å². The topological polar surface area (TPSA) is 29.5 Å². The lowest BCUT2D eigenvalue weighted by molar-refractivity contribution is 0.492. The monoisotopic (exact) mass is 184 g/mol. The molecule has 66 valence electrons. The molecule has 1 unspecified atom stereocenters. The molecule has 0 aliphatic heterocycles. The van der Waals surface area contributed by atoms with E-state index in [-0.39, 0.29) is 0 Å². The number of aryl methyl sites for hydroxylation is 2. The molecule has 0 saturated heterocycles. The minimum atomic E-state index is -1.30. The van der Waals surface area contributed by atoms with Gasteiger partial charge in [-0.1, -0.05) is 17.7 Å². The summed E-state index contributed by atoms with van der Waals surface area (Å²) in [6.07, 6.45) is 0. The Hall–Kier alpha value is -0.590. The van der Waals surface area contributed by atoms with Gasteiger partial charge in [-0.05, 0) is 25.5 Å². The van der Waals surface area contributed by atoms with Gasteiger partial charge in [0.15, 0.2) is 0 Å². The molecule has 1 N–H and O–H groups in total. The molecule has 1 atom stereocenters. The molecule has 1 aromatic rings. The highest BCUT2D eigenvalue weighted by Gasteiger charge is 2.02. The molecule has 1 rings (SSSR count). The second-order valence-electron chi connectivity index (χ2n) is 2.82. The Bertz CT molecular complexity index is 271. The zero-order valence-electron chi connectivity index (χ0n) is 7.53. The van der Waals surface area contributed by atoms with Crippen LogP contribution >= 0.6 is 8.38 Å². The van der Waals surface area contributed by atoms with Crippen molar-refractivity contribution in [3.05, 3.63) is 29.3 Å². The summed E-state index contributed by atoms with van der Waals surface area (Å²) >= 11 is 0. The smallest absolute Gasteiger partial charge is 0.224 e. The Morgan fingerprint density at radius 1 is 1.33 bits per heavy atom. The first-order chi connectivity index (χ1) is 5.59. The maximum atomic E-state index is 9.04. The highest BCUT2D eigenvalue weighted by atomic mass is 31.2. The summed E-state index contributed by atoms with van der Waals surface area (Å²) in [5.74, 6) is 0.775. The molecule has 1 aromatic carbocycles. The predicted molar refractivity (Wildman–Crippen MR) is 51.6 cm³/mol. The summed E-state index contributed by atoms with van der Waals surface area (Å²) in [6.45, 7) is 5.67. The van der Waals surface area contributed by atoms with E-state index in [1.807, 2.05) is 32.0 Å². The van der Waals surface area contributed by atoms with Crippen LogP contribution in [0.3, 0.4) is 0 Å². The zero-order valence-corrected chi connectivity index (χ0v) is 8.43. The Labute approximate surface area is 74.1 Å². The summed E-state index contributed by atoms with van der Waals surface area (Å²) in [4.78, 5) is 9.04. The fourth-order valence-electron chi connectivity index (χ4n) is 1.04. The van der Waals surface area contributed by atoms with Crippen LogP contribution in [0.15, 0.2) is 18.2 Å². The molecule has 0 radical (unpaired) electrons. The fraction of sp³-hybridized carbons (Fsp3) is 0.333. The van der Waals surface area contributed by atoms with Gasteiger partial charge in [-0.25, -0.2) is 0 Å². The zero-order chi connectivity index (χ0) is 9.14. The average Bonchev–Trinajstić information content (AvgIpc) is 1.94. The molecular formula is C9H13O2P. The van der Waals surface area contributed by atoms with Crippen LogP contribution in [0.4, 0.5) is 0 Å². The molecule has 0 fully saturated rings. The Morgan fingerprint density at radius 3 is 2.50 bits per heavy atom. The van der Waals surface area contributed by atoms with Gasteiger partial charge in [-0.3, -0.25) is 0 Å². The first kappa shape index (κ1) is 9.50. The molecule has 0 amide bonds. The number of hydrogen-bond acceptors (Lipinski definition) is 2. The van der Waals surface area contributed by atoms with Gasteiger partial charge < -0.3 is 9.42 Å². The lowest BCUT2D eigenvalue weighted by Crippen LogP contribution is -1.88. The van der Waals surface area contributed by atoms with Crippen LogP contribution in [0.2, 0.25) is 0 Å². The second-order valence-corrected chi connectivity index (χ2v) is 3.94. The Balaban J connectivity index is 2.86. The quantitative estimate of drug-likeness (QED) is 0.716. The van der Waals surface area contributed by atoms with E-state index in [1.54, 1.807) is 6.66 Å². The fourth-order valence-corrected chi connectivity index (χ4v) is 1.53. The third kappa shape index (κ3) is 2.47. The first-order valence-electron chi connectivity index (χ1n) is 3.77. The van der Waals surface area contributed by atoms with Crippen molar-refractivity contribution in [1.82, 2.24) is 0 Å². The Kier molecular flexibility index (Phi) is 3.07. The normalized spacial score (nSPS) is 12.7. The van der Waals surface area contributed by atoms with Crippen molar-refractivity contribution in [3.8, 4) is 5.75 Å². The van der Waals surface area contributed by atoms with Crippen molar-refractivity contribution in [2.24, 2.45) is 0 Å². The molecule has 0 aliphatic rings. The van der Waals surface area contributed by atoms with Crippen molar-refractivity contribution in [1.29, 1.82) is 0 Å². The maximum absolute atomic E-state index is 9.04. The largest absolute Gasteiger partial charge is 0.447 e. The molecule has 0 saturated carbocycles. The summed E-state index contributed by atoms with van der Waals surface area (Å²) in [7, 11) is -1.30. The van der Waals surface area contributed by atoms with Gasteiger partial charge in [0.2, 0.25) is 8.38 Å². The van der Waals surface area contributed by atoms with E-state index in [9.17, 15) is 0 Å². The van der Waals surface area contributed by atoms with E-state index in [0.717, 1.165) is 11.3 Å². The maximum Gasteiger partial charge on any atom is 0.224 e. The molecule has 12 heavy (non-hydrogen) atoms. The summed E-state index contributed by atoms with van der Waals surface area (Å²) in [5, 5.41) is 0. The highest BCUT2D eigenvalue weighted by molar-refractivity contribution is 7.45. The highest BCUT2D eigenvalue weighted by Crippen LogP contribution is 2.31. The molecule has 0 heterocycles. The molecular weight excluding hydrogens is 171 g/mol. The third-order valence-electron chi connectivity index (χ3n) is 1.56. The molecule has 2 nitrogen and oxygen atoms in total. The summed E-state index contributed by atoms with van der Waals surface area (Å²) in [5.41, 5.74) is 2.27. The summed E-state index contributed by atoms with van der Waals surface area (Å²) < 4.78 is 5.22. The lowest BCUT2D eigenvalue weighted by atomic mass is 10.1. The number of benzene rings is 1. The van der Waals surface area contributed by atoms with Gasteiger partial charge in [0, 0.05) is 6.66 Å². The second kappa shape index (κ2) is 3.88.